The van der Waals surface area contributed by atoms with Gasteiger partial charge in [-0.1, -0.05) is 6.07 Å². The lowest BCUT2D eigenvalue weighted by Gasteiger charge is -2.09. The monoisotopic (exact) mass is 231 g/mol. The number of ether oxygens (including phenoxy) is 1. The maximum Gasteiger partial charge on any atom is 0.273 e. The highest BCUT2D eigenvalue weighted by molar-refractivity contribution is 5.34. The van der Waals surface area contributed by atoms with Gasteiger partial charge in [-0.25, -0.2) is 4.98 Å². The minimum atomic E-state index is -0.210. The van der Waals surface area contributed by atoms with Crippen LogP contribution < -0.4 is 16.0 Å². The van der Waals surface area contributed by atoms with E-state index in [4.69, 9.17) is 10.5 Å². The Hall–Kier alpha value is -2.30. The first kappa shape index (κ1) is 11.2. The molecule has 0 aliphatic heterocycles. The van der Waals surface area contributed by atoms with Crippen LogP contribution in [0.25, 0.3) is 0 Å². The van der Waals surface area contributed by atoms with E-state index in [1.807, 2.05) is 6.07 Å². The Kier molecular flexibility index (Phi) is 3.09. The molecule has 0 fully saturated rings. The number of pyridine rings is 2. The van der Waals surface area contributed by atoms with Crippen LogP contribution in [0.5, 0.6) is 5.88 Å². The van der Waals surface area contributed by atoms with Crippen molar-refractivity contribution in [2.75, 3.05) is 12.8 Å². The lowest BCUT2D eigenvalue weighted by molar-refractivity contribution is 0.391. The summed E-state index contributed by atoms with van der Waals surface area (Å²) in [7, 11) is 1.55. The van der Waals surface area contributed by atoms with Gasteiger partial charge in [0.1, 0.15) is 0 Å². The van der Waals surface area contributed by atoms with Gasteiger partial charge in [0.05, 0.1) is 19.3 Å². The second kappa shape index (κ2) is 4.69. The fourth-order valence-corrected chi connectivity index (χ4v) is 1.59. The number of rotatable bonds is 3. The van der Waals surface area contributed by atoms with Gasteiger partial charge in [0, 0.05) is 18.0 Å². The Labute approximate surface area is 98.5 Å². The SMILES string of the molecule is COc1ncccc1Cn1cccc(N)c1=O. The van der Waals surface area contributed by atoms with Crippen LogP contribution in [-0.2, 0) is 6.54 Å². The van der Waals surface area contributed by atoms with Crippen molar-refractivity contribution in [3.63, 3.8) is 0 Å². The summed E-state index contributed by atoms with van der Waals surface area (Å²) in [6.07, 6.45) is 3.33. The number of anilines is 1. The van der Waals surface area contributed by atoms with Gasteiger partial charge in [0.25, 0.3) is 5.56 Å². The van der Waals surface area contributed by atoms with E-state index >= 15 is 0 Å². The standard InChI is InChI=1S/C12H13N3O2/c1-17-11-9(4-2-6-14-11)8-15-7-3-5-10(13)12(15)16/h2-7H,8,13H2,1H3. The van der Waals surface area contributed by atoms with Gasteiger partial charge in [-0.3, -0.25) is 4.79 Å². The number of nitrogens with two attached hydrogens (primary N) is 1. The fourth-order valence-electron chi connectivity index (χ4n) is 1.59. The second-order valence-electron chi connectivity index (χ2n) is 3.57. The third-order valence-electron chi connectivity index (χ3n) is 2.43. The van der Waals surface area contributed by atoms with Crippen LogP contribution in [0.3, 0.4) is 0 Å². The Morgan fingerprint density at radius 2 is 2.24 bits per heavy atom. The number of hydrogen-bond acceptors (Lipinski definition) is 4. The highest BCUT2D eigenvalue weighted by Crippen LogP contribution is 2.14. The summed E-state index contributed by atoms with van der Waals surface area (Å²) in [4.78, 5) is 15.8. The molecule has 0 atom stereocenters. The zero-order valence-electron chi connectivity index (χ0n) is 9.46. The molecular formula is C12H13N3O2. The minimum Gasteiger partial charge on any atom is -0.481 e. The molecule has 0 radical (unpaired) electrons. The van der Waals surface area contributed by atoms with Crippen LogP contribution in [0.4, 0.5) is 5.69 Å². The van der Waals surface area contributed by atoms with E-state index in [9.17, 15) is 4.79 Å². The Morgan fingerprint density at radius 3 is 3.00 bits per heavy atom. The van der Waals surface area contributed by atoms with Gasteiger partial charge in [0.15, 0.2) is 0 Å². The van der Waals surface area contributed by atoms with Gasteiger partial charge in [0.2, 0.25) is 5.88 Å². The van der Waals surface area contributed by atoms with Crippen LogP contribution in [0.1, 0.15) is 5.56 Å². The van der Waals surface area contributed by atoms with E-state index in [0.717, 1.165) is 5.56 Å². The maximum atomic E-state index is 11.7. The van der Waals surface area contributed by atoms with Crippen LogP contribution in [0.2, 0.25) is 0 Å². The van der Waals surface area contributed by atoms with E-state index in [1.165, 1.54) is 4.57 Å². The molecule has 0 aliphatic carbocycles. The highest BCUT2D eigenvalue weighted by atomic mass is 16.5. The van der Waals surface area contributed by atoms with Gasteiger partial charge in [-0.05, 0) is 18.2 Å². The van der Waals surface area contributed by atoms with Crippen molar-refractivity contribution in [1.82, 2.24) is 9.55 Å². The fraction of sp³-hybridized carbons (Fsp3) is 0.167. The average Bonchev–Trinajstić information content (AvgIpc) is 2.35. The number of methoxy groups -OCH3 is 1. The normalized spacial score (nSPS) is 10.2. The third kappa shape index (κ3) is 2.28. The summed E-state index contributed by atoms with van der Waals surface area (Å²) in [5.74, 6) is 0.516. The molecule has 2 N–H and O–H groups in total. The summed E-state index contributed by atoms with van der Waals surface area (Å²) in [5, 5.41) is 0. The molecule has 0 aromatic carbocycles. The Bertz CT molecular complexity index is 578. The average molecular weight is 231 g/mol. The van der Waals surface area contributed by atoms with Crippen molar-refractivity contribution in [3.8, 4) is 5.88 Å². The molecule has 5 heteroatoms. The minimum absolute atomic E-state index is 0.210. The lowest BCUT2D eigenvalue weighted by Crippen LogP contribution is -2.22. The molecule has 0 bridgehead atoms. The van der Waals surface area contributed by atoms with Crippen LogP contribution in [0, 0.1) is 0 Å². The maximum absolute atomic E-state index is 11.7. The molecule has 0 amide bonds. The number of nitrogen functional groups attached to an aromatic ring is 1. The first-order chi connectivity index (χ1) is 8.22. The predicted molar refractivity (Wildman–Crippen MR) is 65.0 cm³/mol. The van der Waals surface area contributed by atoms with Gasteiger partial charge in [-0.15, -0.1) is 0 Å². The molecular weight excluding hydrogens is 218 g/mol. The first-order valence-electron chi connectivity index (χ1n) is 5.15. The number of aromatic nitrogens is 2. The van der Waals surface area contributed by atoms with E-state index in [0.29, 0.717) is 12.4 Å². The van der Waals surface area contributed by atoms with E-state index in [1.54, 1.807) is 37.7 Å². The van der Waals surface area contributed by atoms with Crippen LogP contribution in [0.15, 0.2) is 41.5 Å². The quantitative estimate of drug-likeness (QED) is 0.851. The molecule has 2 aromatic heterocycles. The van der Waals surface area contributed by atoms with Crippen molar-refractivity contribution < 1.29 is 4.74 Å². The van der Waals surface area contributed by atoms with Gasteiger partial charge in [-0.2, -0.15) is 0 Å². The molecule has 2 heterocycles. The second-order valence-corrected chi connectivity index (χ2v) is 3.57. The largest absolute Gasteiger partial charge is 0.481 e. The summed E-state index contributed by atoms with van der Waals surface area (Å²) < 4.78 is 6.65. The van der Waals surface area contributed by atoms with E-state index in [2.05, 4.69) is 4.98 Å². The smallest absolute Gasteiger partial charge is 0.273 e. The number of nitrogens with zero attached hydrogens (tertiary/aromatic N) is 2. The van der Waals surface area contributed by atoms with Crippen molar-refractivity contribution in [2.45, 2.75) is 6.54 Å². The predicted octanol–water partition coefficient (Wildman–Crippen LogP) is 0.882. The zero-order chi connectivity index (χ0) is 12.3. The first-order valence-corrected chi connectivity index (χ1v) is 5.15. The molecule has 0 saturated heterocycles. The molecule has 88 valence electrons. The van der Waals surface area contributed by atoms with E-state index < -0.39 is 0 Å². The molecule has 2 aromatic rings. The van der Waals surface area contributed by atoms with Crippen molar-refractivity contribution in [1.29, 1.82) is 0 Å². The highest BCUT2D eigenvalue weighted by Gasteiger charge is 2.06. The van der Waals surface area contributed by atoms with E-state index in [-0.39, 0.29) is 11.2 Å². The molecule has 0 unspecified atom stereocenters. The summed E-state index contributed by atoms with van der Waals surface area (Å²) >= 11 is 0. The third-order valence-corrected chi connectivity index (χ3v) is 2.43. The number of hydrogen-bond donors (Lipinski definition) is 1. The summed E-state index contributed by atoms with van der Waals surface area (Å²) in [6, 6.07) is 6.98. The lowest BCUT2D eigenvalue weighted by atomic mass is 10.2. The van der Waals surface area contributed by atoms with Crippen LogP contribution in [-0.4, -0.2) is 16.7 Å². The molecule has 0 aliphatic rings. The molecule has 2 rings (SSSR count). The topological polar surface area (TPSA) is 70.1 Å². The van der Waals surface area contributed by atoms with Crippen LogP contribution >= 0.6 is 0 Å². The molecule has 17 heavy (non-hydrogen) atoms. The Balaban J connectivity index is 2.38. The molecule has 0 spiro atoms. The van der Waals surface area contributed by atoms with Crippen molar-refractivity contribution in [3.05, 3.63) is 52.6 Å². The Morgan fingerprint density at radius 1 is 1.41 bits per heavy atom. The van der Waals surface area contributed by atoms with Gasteiger partial charge >= 0.3 is 0 Å². The molecule has 0 saturated carbocycles. The van der Waals surface area contributed by atoms with Crippen molar-refractivity contribution >= 4 is 5.69 Å². The zero-order valence-corrected chi connectivity index (χ0v) is 9.46. The summed E-state index contributed by atoms with van der Waals surface area (Å²) in [5.41, 5.74) is 6.42. The van der Waals surface area contributed by atoms with Gasteiger partial charge < -0.3 is 15.0 Å². The molecule has 5 nitrogen and oxygen atoms in total. The summed E-state index contributed by atoms with van der Waals surface area (Å²) in [6.45, 7) is 0.390. The van der Waals surface area contributed by atoms with Crippen molar-refractivity contribution in [2.24, 2.45) is 0 Å².